The highest BCUT2D eigenvalue weighted by Crippen LogP contribution is 2.43. The summed E-state index contributed by atoms with van der Waals surface area (Å²) < 4.78 is 26.5. The van der Waals surface area contributed by atoms with Crippen LogP contribution in [0, 0.1) is 17.8 Å². The van der Waals surface area contributed by atoms with E-state index in [-0.39, 0.29) is 25.0 Å². The zero-order valence-corrected chi connectivity index (χ0v) is 16.7. The fourth-order valence-corrected chi connectivity index (χ4v) is 4.64. The van der Waals surface area contributed by atoms with Crippen LogP contribution >= 0.6 is 0 Å². The minimum atomic E-state index is -1.24. The number of hydrogen-bond acceptors (Lipinski definition) is 4. The number of carboxylic acid groups (broad SMARTS) is 1. The lowest BCUT2D eigenvalue weighted by Crippen LogP contribution is -2.30. The fourth-order valence-electron chi connectivity index (χ4n) is 4.64. The van der Waals surface area contributed by atoms with Crippen LogP contribution in [0.15, 0.2) is 42.5 Å². The molecule has 6 heteroatoms. The molecule has 1 saturated heterocycles. The highest BCUT2D eigenvalue weighted by atomic mass is 19.1. The molecule has 2 N–H and O–H groups in total. The lowest BCUT2D eigenvalue weighted by atomic mass is 9.84. The molecule has 0 spiro atoms. The Morgan fingerprint density at radius 3 is 2.86 bits per heavy atom. The Morgan fingerprint density at radius 2 is 2.10 bits per heavy atom. The number of hydrogen-bond donors (Lipinski definition) is 2. The molecule has 2 fully saturated rings. The SMILES string of the molecule is O=C(O)CCC[C@H]1CC[C@@H]2[C@@H](C(F)C=CCOc3ccccc3)[C@H](O)C[C@@H]2OC1. The highest BCUT2D eigenvalue weighted by Gasteiger charge is 2.47. The van der Waals surface area contributed by atoms with Crippen LogP contribution < -0.4 is 4.74 Å². The molecule has 6 atom stereocenters. The monoisotopic (exact) mass is 406 g/mol. The predicted molar refractivity (Wildman–Crippen MR) is 108 cm³/mol. The van der Waals surface area contributed by atoms with Crippen LogP contribution in [0.5, 0.6) is 5.75 Å². The summed E-state index contributed by atoms with van der Waals surface area (Å²) in [5.41, 5.74) is 0. The number of halogens is 1. The molecule has 1 heterocycles. The van der Waals surface area contributed by atoms with Gasteiger partial charge in [-0.3, -0.25) is 4.79 Å². The van der Waals surface area contributed by atoms with E-state index in [0.717, 1.165) is 25.0 Å². The van der Waals surface area contributed by atoms with Crippen LogP contribution in [0.3, 0.4) is 0 Å². The first-order chi connectivity index (χ1) is 14.0. The summed E-state index contributed by atoms with van der Waals surface area (Å²) in [7, 11) is 0. The van der Waals surface area contributed by atoms with E-state index in [1.807, 2.05) is 30.3 Å². The Labute approximate surface area is 171 Å². The lowest BCUT2D eigenvalue weighted by molar-refractivity contribution is -0.137. The number of para-hydroxylation sites is 1. The van der Waals surface area contributed by atoms with Crippen LogP contribution in [0.25, 0.3) is 0 Å². The molecule has 1 aromatic carbocycles. The first-order valence-corrected chi connectivity index (χ1v) is 10.5. The maximum atomic E-state index is 15.0. The maximum absolute atomic E-state index is 15.0. The third-order valence-electron chi connectivity index (χ3n) is 6.12. The molecule has 0 bridgehead atoms. The van der Waals surface area contributed by atoms with Crippen molar-refractivity contribution in [2.75, 3.05) is 13.2 Å². The van der Waals surface area contributed by atoms with Crippen LogP contribution in [0.4, 0.5) is 4.39 Å². The van der Waals surface area contributed by atoms with Crippen molar-refractivity contribution in [3.63, 3.8) is 0 Å². The van der Waals surface area contributed by atoms with Crippen molar-refractivity contribution in [2.24, 2.45) is 17.8 Å². The van der Waals surface area contributed by atoms with Gasteiger partial charge in [-0.1, -0.05) is 24.3 Å². The van der Waals surface area contributed by atoms with Crippen molar-refractivity contribution < 1.29 is 28.9 Å². The molecule has 29 heavy (non-hydrogen) atoms. The number of aliphatic hydroxyl groups is 1. The third kappa shape index (κ3) is 6.28. The molecule has 160 valence electrons. The van der Waals surface area contributed by atoms with E-state index in [4.69, 9.17) is 14.6 Å². The summed E-state index contributed by atoms with van der Waals surface area (Å²) in [6, 6.07) is 9.37. The minimum absolute atomic E-state index is 0.0100. The second-order valence-corrected chi connectivity index (χ2v) is 8.14. The number of aliphatic carboxylic acids is 1. The van der Waals surface area contributed by atoms with Gasteiger partial charge in [-0.25, -0.2) is 4.39 Å². The molecule has 1 aliphatic carbocycles. The number of carboxylic acids is 1. The number of rotatable bonds is 9. The maximum Gasteiger partial charge on any atom is 0.303 e. The highest BCUT2D eigenvalue weighted by molar-refractivity contribution is 5.66. The smallest absolute Gasteiger partial charge is 0.303 e. The molecule has 0 amide bonds. The average molecular weight is 406 g/mol. The van der Waals surface area contributed by atoms with E-state index in [1.54, 1.807) is 6.08 Å². The first kappa shape index (κ1) is 21.8. The Kier molecular flexibility index (Phi) is 8.07. The van der Waals surface area contributed by atoms with Crippen LogP contribution in [-0.4, -0.2) is 47.8 Å². The van der Waals surface area contributed by atoms with Gasteiger partial charge in [-0.05, 0) is 55.7 Å². The predicted octanol–water partition coefficient (Wildman–Crippen LogP) is 4.01. The van der Waals surface area contributed by atoms with E-state index in [1.165, 1.54) is 6.08 Å². The largest absolute Gasteiger partial charge is 0.490 e. The number of alkyl halides is 1. The Hall–Kier alpha value is -1.92. The molecule has 0 radical (unpaired) electrons. The van der Waals surface area contributed by atoms with Gasteiger partial charge in [0.1, 0.15) is 18.5 Å². The molecule has 1 aliphatic heterocycles. The molecule has 1 saturated carbocycles. The second-order valence-electron chi connectivity index (χ2n) is 8.14. The van der Waals surface area contributed by atoms with Crippen molar-refractivity contribution in [3.8, 4) is 5.75 Å². The van der Waals surface area contributed by atoms with Crippen LogP contribution in [0.2, 0.25) is 0 Å². The molecule has 1 unspecified atom stereocenters. The number of carbonyl (C=O) groups is 1. The molecule has 5 nitrogen and oxygen atoms in total. The topological polar surface area (TPSA) is 76.0 Å². The third-order valence-corrected chi connectivity index (χ3v) is 6.12. The van der Waals surface area contributed by atoms with Gasteiger partial charge in [0.25, 0.3) is 0 Å². The number of aliphatic hydroxyl groups excluding tert-OH is 1. The number of fused-ring (bicyclic) bond motifs is 1. The standard InChI is InChI=1S/C23H31FO5/c24-19(9-5-13-28-17-7-2-1-3-8-17)23-18-12-11-16(6-4-10-22(26)27)15-29-21(18)14-20(23)25/h1-3,5,7-9,16,18-21,23,25H,4,6,10-15H2,(H,26,27)/t16-,18-,19?,20+,21-,23-/m0/s1. The van der Waals surface area contributed by atoms with Gasteiger partial charge in [0, 0.05) is 25.4 Å². The summed E-state index contributed by atoms with van der Waals surface area (Å²) in [5, 5.41) is 19.2. The van der Waals surface area contributed by atoms with Crippen LogP contribution in [0.1, 0.15) is 38.5 Å². The second kappa shape index (κ2) is 10.7. The van der Waals surface area contributed by atoms with Crippen molar-refractivity contribution in [1.29, 1.82) is 0 Å². The number of allylic oxidation sites excluding steroid dienone is 1. The summed E-state index contributed by atoms with van der Waals surface area (Å²) in [4.78, 5) is 10.7. The molecule has 2 aliphatic rings. The van der Waals surface area contributed by atoms with E-state index in [9.17, 15) is 14.3 Å². The van der Waals surface area contributed by atoms with Crippen molar-refractivity contribution in [1.82, 2.24) is 0 Å². The van der Waals surface area contributed by atoms with Gasteiger partial charge in [-0.2, -0.15) is 0 Å². The average Bonchev–Trinajstić information content (AvgIpc) is 2.90. The van der Waals surface area contributed by atoms with Crippen molar-refractivity contribution in [3.05, 3.63) is 42.5 Å². The van der Waals surface area contributed by atoms with E-state index < -0.39 is 24.2 Å². The summed E-state index contributed by atoms with van der Waals surface area (Å²) >= 11 is 0. The van der Waals surface area contributed by atoms with Gasteiger partial charge in [0.2, 0.25) is 0 Å². The molecular weight excluding hydrogens is 375 g/mol. The van der Waals surface area contributed by atoms with Gasteiger partial charge in [0.05, 0.1) is 12.2 Å². The normalized spacial score (nSPS) is 30.6. The summed E-state index contributed by atoms with van der Waals surface area (Å²) in [5.74, 6) is -0.206. The number of benzene rings is 1. The van der Waals surface area contributed by atoms with Gasteiger partial charge in [-0.15, -0.1) is 0 Å². The quantitative estimate of drug-likeness (QED) is 0.606. The zero-order chi connectivity index (χ0) is 20.6. The molecule has 0 aromatic heterocycles. The molecular formula is C23H31FO5. The van der Waals surface area contributed by atoms with Gasteiger partial charge in [0.15, 0.2) is 0 Å². The van der Waals surface area contributed by atoms with Crippen molar-refractivity contribution in [2.45, 2.75) is 56.9 Å². The number of ether oxygens (including phenoxy) is 2. The Bertz CT molecular complexity index is 664. The van der Waals surface area contributed by atoms with E-state index >= 15 is 0 Å². The summed E-state index contributed by atoms with van der Waals surface area (Å²) in [6.45, 7) is 0.849. The van der Waals surface area contributed by atoms with Gasteiger partial charge < -0.3 is 19.7 Å². The fraction of sp³-hybridized carbons (Fsp3) is 0.609. The first-order valence-electron chi connectivity index (χ1n) is 10.5. The lowest BCUT2D eigenvalue weighted by Gasteiger charge is -2.25. The van der Waals surface area contributed by atoms with E-state index in [0.29, 0.717) is 25.4 Å². The molecule has 1 aromatic rings. The summed E-state index contributed by atoms with van der Waals surface area (Å²) in [6.07, 6.45) is 4.88. The zero-order valence-electron chi connectivity index (χ0n) is 16.7. The van der Waals surface area contributed by atoms with E-state index in [2.05, 4.69) is 0 Å². The van der Waals surface area contributed by atoms with Gasteiger partial charge >= 0.3 is 5.97 Å². The Balaban J connectivity index is 1.49. The minimum Gasteiger partial charge on any atom is -0.490 e. The Morgan fingerprint density at radius 1 is 1.31 bits per heavy atom. The van der Waals surface area contributed by atoms with Crippen molar-refractivity contribution >= 4 is 5.97 Å². The molecule has 3 rings (SSSR count). The van der Waals surface area contributed by atoms with Crippen LogP contribution in [-0.2, 0) is 9.53 Å².